The van der Waals surface area contributed by atoms with Gasteiger partial charge in [0.25, 0.3) is 0 Å². The standard InChI is InChI=1S/C24H22F3NO4/c25-24(26,27)18-8-6-17(7-9-18)20-14-32-22(28-20)2-1-11-31-21-12-15(13-23(29)30)3-10-19(21)16-4-5-16/h3,6-10,12,14,16H,1-2,4-5,11,13H2,(H,29,30). The molecule has 1 aliphatic rings. The first-order valence-corrected chi connectivity index (χ1v) is 10.4. The zero-order valence-electron chi connectivity index (χ0n) is 17.2. The minimum Gasteiger partial charge on any atom is -0.493 e. The van der Waals surface area contributed by atoms with E-state index in [1.54, 1.807) is 6.07 Å². The van der Waals surface area contributed by atoms with Crippen LogP contribution in [0.1, 0.15) is 47.8 Å². The SMILES string of the molecule is O=C(O)Cc1ccc(C2CC2)c(OCCCc2nc(-c3ccc(C(F)(F)F)cc3)co2)c1. The number of oxazole rings is 1. The Labute approximate surface area is 182 Å². The van der Waals surface area contributed by atoms with E-state index in [2.05, 4.69) is 4.98 Å². The lowest BCUT2D eigenvalue weighted by molar-refractivity contribution is -0.138. The summed E-state index contributed by atoms with van der Waals surface area (Å²) in [6.07, 6.45) is 0.355. The number of hydrogen-bond donors (Lipinski definition) is 1. The number of carboxylic acid groups (broad SMARTS) is 1. The van der Waals surface area contributed by atoms with Gasteiger partial charge in [-0.2, -0.15) is 13.2 Å². The number of nitrogens with zero attached hydrogens (tertiary/aromatic N) is 1. The molecule has 0 saturated heterocycles. The number of benzene rings is 2. The summed E-state index contributed by atoms with van der Waals surface area (Å²) in [6, 6.07) is 10.4. The summed E-state index contributed by atoms with van der Waals surface area (Å²) < 4.78 is 49.5. The highest BCUT2D eigenvalue weighted by Gasteiger charge is 2.30. The molecule has 0 unspecified atom stereocenters. The van der Waals surface area contributed by atoms with Crippen LogP contribution in [0.3, 0.4) is 0 Å². The molecule has 32 heavy (non-hydrogen) atoms. The highest BCUT2D eigenvalue weighted by molar-refractivity contribution is 5.70. The first kappa shape index (κ1) is 21.9. The number of halogens is 3. The van der Waals surface area contributed by atoms with E-state index in [0.29, 0.717) is 48.1 Å². The fraction of sp³-hybridized carbons (Fsp3) is 0.333. The molecule has 1 saturated carbocycles. The summed E-state index contributed by atoms with van der Waals surface area (Å²) in [4.78, 5) is 15.3. The smallest absolute Gasteiger partial charge is 0.416 e. The minimum absolute atomic E-state index is 0.0512. The van der Waals surface area contributed by atoms with Gasteiger partial charge < -0.3 is 14.3 Å². The minimum atomic E-state index is -4.37. The number of aryl methyl sites for hydroxylation is 1. The second-order valence-corrected chi connectivity index (χ2v) is 7.87. The monoisotopic (exact) mass is 445 g/mol. The van der Waals surface area contributed by atoms with Crippen LogP contribution in [0.5, 0.6) is 5.75 Å². The van der Waals surface area contributed by atoms with Crippen molar-refractivity contribution in [2.24, 2.45) is 0 Å². The number of rotatable bonds is 9. The van der Waals surface area contributed by atoms with Gasteiger partial charge in [0.1, 0.15) is 17.7 Å². The van der Waals surface area contributed by atoms with E-state index < -0.39 is 17.7 Å². The fourth-order valence-electron chi connectivity index (χ4n) is 3.51. The third kappa shape index (κ3) is 5.49. The van der Waals surface area contributed by atoms with Crippen molar-refractivity contribution in [2.45, 2.75) is 44.2 Å². The van der Waals surface area contributed by atoms with Gasteiger partial charge in [0, 0.05) is 12.0 Å². The topological polar surface area (TPSA) is 72.6 Å². The van der Waals surface area contributed by atoms with E-state index in [4.69, 9.17) is 14.3 Å². The Bertz CT molecular complexity index is 1090. The number of carboxylic acids is 1. The van der Waals surface area contributed by atoms with Gasteiger partial charge in [0.2, 0.25) is 0 Å². The predicted octanol–water partition coefficient (Wildman–Crippen LogP) is 5.88. The Morgan fingerprint density at radius 2 is 1.91 bits per heavy atom. The molecule has 3 aromatic rings. The summed E-state index contributed by atoms with van der Waals surface area (Å²) in [5.74, 6) is 0.791. The lowest BCUT2D eigenvalue weighted by Crippen LogP contribution is -2.04. The molecule has 2 aromatic carbocycles. The van der Waals surface area contributed by atoms with Crippen LogP contribution in [0.15, 0.2) is 53.1 Å². The molecule has 0 aliphatic heterocycles. The van der Waals surface area contributed by atoms with Gasteiger partial charge in [-0.3, -0.25) is 4.79 Å². The Morgan fingerprint density at radius 3 is 2.56 bits per heavy atom. The average Bonchev–Trinajstić information content (AvgIpc) is 3.48. The molecular weight excluding hydrogens is 423 g/mol. The molecule has 8 heteroatoms. The predicted molar refractivity (Wildman–Crippen MR) is 111 cm³/mol. The molecule has 0 radical (unpaired) electrons. The van der Waals surface area contributed by atoms with E-state index in [1.165, 1.54) is 18.4 Å². The molecule has 4 rings (SSSR count). The summed E-state index contributed by atoms with van der Waals surface area (Å²) in [6.45, 7) is 0.411. The van der Waals surface area contributed by atoms with Crippen molar-refractivity contribution >= 4 is 5.97 Å². The molecule has 1 N–H and O–H groups in total. The van der Waals surface area contributed by atoms with Crippen molar-refractivity contribution in [3.63, 3.8) is 0 Å². The van der Waals surface area contributed by atoms with Crippen molar-refractivity contribution in [3.05, 3.63) is 71.3 Å². The molecule has 0 spiro atoms. The maximum absolute atomic E-state index is 12.7. The van der Waals surface area contributed by atoms with Crippen LogP contribution >= 0.6 is 0 Å². The number of carbonyl (C=O) groups is 1. The quantitative estimate of drug-likeness (QED) is 0.417. The maximum Gasteiger partial charge on any atom is 0.416 e. The Morgan fingerprint density at radius 1 is 1.16 bits per heavy atom. The number of hydrogen-bond acceptors (Lipinski definition) is 4. The van der Waals surface area contributed by atoms with Gasteiger partial charge in [0.15, 0.2) is 5.89 Å². The van der Waals surface area contributed by atoms with E-state index in [0.717, 1.165) is 36.3 Å². The molecular formula is C24H22F3NO4. The van der Waals surface area contributed by atoms with Gasteiger partial charge in [-0.25, -0.2) is 4.98 Å². The summed E-state index contributed by atoms with van der Waals surface area (Å²) in [5, 5.41) is 9.01. The molecule has 0 atom stereocenters. The number of aliphatic carboxylic acids is 1. The van der Waals surface area contributed by atoms with Gasteiger partial charge in [0.05, 0.1) is 18.6 Å². The first-order valence-electron chi connectivity index (χ1n) is 10.4. The summed E-state index contributed by atoms with van der Waals surface area (Å²) >= 11 is 0. The summed E-state index contributed by atoms with van der Waals surface area (Å²) in [7, 11) is 0. The number of alkyl halides is 3. The Kier molecular flexibility index (Phi) is 6.21. The highest BCUT2D eigenvalue weighted by atomic mass is 19.4. The normalized spacial score (nSPS) is 13.8. The summed E-state index contributed by atoms with van der Waals surface area (Å²) in [5.41, 5.74) is 2.13. The molecule has 1 aromatic heterocycles. The van der Waals surface area contributed by atoms with E-state index in [-0.39, 0.29) is 6.42 Å². The third-order valence-electron chi connectivity index (χ3n) is 5.30. The van der Waals surface area contributed by atoms with Crippen LogP contribution in [-0.4, -0.2) is 22.7 Å². The van der Waals surface area contributed by atoms with Gasteiger partial charge >= 0.3 is 12.1 Å². The average molecular weight is 445 g/mol. The molecule has 0 bridgehead atoms. The van der Waals surface area contributed by atoms with Gasteiger partial charge in [-0.1, -0.05) is 24.3 Å². The molecule has 1 fully saturated rings. The Balaban J connectivity index is 1.33. The van der Waals surface area contributed by atoms with E-state index in [9.17, 15) is 18.0 Å². The van der Waals surface area contributed by atoms with Gasteiger partial charge in [-0.05, 0) is 54.5 Å². The molecule has 5 nitrogen and oxygen atoms in total. The molecule has 168 valence electrons. The first-order chi connectivity index (χ1) is 15.3. The molecule has 0 amide bonds. The van der Waals surface area contributed by atoms with Crippen LogP contribution in [0.4, 0.5) is 13.2 Å². The second-order valence-electron chi connectivity index (χ2n) is 7.87. The molecule has 1 aliphatic carbocycles. The van der Waals surface area contributed by atoms with Crippen LogP contribution in [0.25, 0.3) is 11.3 Å². The van der Waals surface area contributed by atoms with Crippen molar-refractivity contribution in [1.29, 1.82) is 0 Å². The largest absolute Gasteiger partial charge is 0.493 e. The van der Waals surface area contributed by atoms with E-state index >= 15 is 0 Å². The van der Waals surface area contributed by atoms with Crippen molar-refractivity contribution in [1.82, 2.24) is 4.98 Å². The molecule has 1 heterocycles. The van der Waals surface area contributed by atoms with Crippen molar-refractivity contribution in [3.8, 4) is 17.0 Å². The number of ether oxygens (including phenoxy) is 1. The Hall–Kier alpha value is -3.29. The van der Waals surface area contributed by atoms with Crippen LogP contribution in [0, 0.1) is 0 Å². The maximum atomic E-state index is 12.7. The highest BCUT2D eigenvalue weighted by Crippen LogP contribution is 2.44. The second kappa shape index (κ2) is 9.06. The van der Waals surface area contributed by atoms with Gasteiger partial charge in [-0.15, -0.1) is 0 Å². The lowest BCUT2D eigenvalue weighted by atomic mass is 10.0. The zero-order valence-corrected chi connectivity index (χ0v) is 17.2. The van der Waals surface area contributed by atoms with Crippen molar-refractivity contribution < 1.29 is 32.2 Å². The van der Waals surface area contributed by atoms with Crippen molar-refractivity contribution in [2.75, 3.05) is 6.61 Å². The van der Waals surface area contributed by atoms with Crippen LogP contribution in [-0.2, 0) is 23.8 Å². The van der Waals surface area contributed by atoms with Crippen LogP contribution < -0.4 is 4.74 Å². The third-order valence-corrected chi connectivity index (χ3v) is 5.30. The fourth-order valence-corrected chi connectivity index (χ4v) is 3.51. The number of aromatic nitrogens is 1. The lowest BCUT2D eigenvalue weighted by Gasteiger charge is -2.12. The van der Waals surface area contributed by atoms with E-state index in [1.807, 2.05) is 12.1 Å². The van der Waals surface area contributed by atoms with Crippen LogP contribution in [0.2, 0.25) is 0 Å². The zero-order chi connectivity index (χ0) is 22.7.